The lowest BCUT2D eigenvalue weighted by molar-refractivity contribution is -0.118. The summed E-state index contributed by atoms with van der Waals surface area (Å²) in [7, 11) is 1.76. The van der Waals surface area contributed by atoms with Crippen LogP contribution in [-0.4, -0.2) is 28.6 Å². The molecule has 0 unspecified atom stereocenters. The number of aryl methyl sites for hydroxylation is 1. The van der Waals surface area contributed by atoms with Gasteiger partial charge in [0, 0.05) is 12.6 Å². The number of carbonyl (C=O) groups is 2. The van der Waals surface area contributed by atoms with Crippen LogP contribution in [0.4, 0.5) is 5.69 Å². The zero-order chi connectivity index (χ0) is 13.4. The van der Waals surface area contributed by atoms with Crippen molar-refractivity contribution in [1.29, 1.82) is 0 Å². The second kappa shape index (κ2) is 4.24. The number of ether oxygens (including phenoxy) is 1. The van der Waals surface area contributed by atoms with Crippen LogP contribution in [0.15, 0.2) is 24.4 Å². The molecule has 1 aromatic carbocycles. The fourth-order valence-electron chi connectivity index (χ4n) is 2.12. The van der Waals surface area contributed by atoms with Gasteiger partial charge in [-0.2, -0.15) is 5.10 Å². The highest BCUT2D eigenvalue weighted by Crippen LogP contribution is 2.33. The zero-order valence-electron chi connectivity index (χ0n) is 10.2. The number of rotatable bonds is 2. The van der Waals surface area contributed by atoms with Crippen molar-refractivity contribution in [1.82, 2.24) is 9.78 Å². The quantitative estimate of drug-likeness (QED) is 0.821. The Bertz CT molecular complexity index is 676. The molecule has 19 heavy (non-hydrogen) atoms. The van der Waals surface area contributed by atoms with Crippen LogP contribution in [-0.2, 0) is 11.8 Å². The first-order chi connectivity index (χ1) is 9.19. The van der Waals surface area contributed by atoms with E-state index in [0.29, 0.717) is 22.7 Å². The fourth-order valence-corrected chi connectivity index (χ4v) is 2.12. The normalized spacial score (nSPS) is 13.4. The molecule has 0 fully saturated rings. The Labute approximate surface area is 109 Å². The Balaban J connectivity index is 2.11. The van der Waals surface area contributed by atoms with Gasteiger partial charge in [-0.15, -0.1) is 0 Å². The second-order valence-electron chi connectivity index (χ2n) is 4.24. The van der Waals surface area contributed by atoms with Crippen LogP contribution in [0.5, 0.6) is 5.75 Å². The highest BCUT2D eigenvalue weighted by molar-refractivity contribution is 5.96. The van der Waals surface area contributed by atoms with E-state index in [1.807, 2.05) is 6.07 Å². The van der Waals surface area contributed by atoms with E-state index < -0.39 is 0 Å². The molecular formula is C13H11N3O3. The van der Waals surface area contributed by atoms with Crippen molar-refractivity contribution in [2.24, 2.45) is 7.05 Å². The molecule has 2 heterocycles. The number of hydrogen-bond donors (Lipinski definition) is 1. The van der Waals surface area contributed by atoms with Crippen molar-refractivity contribution in [3.63, 3.8) is 0 Å². The van der Waals surface area contributed by atoms with Crippen LogP contribution in [0.25, 0.3) is 11.3 Å². The molecule has 0 saturated carbocycles. The number of anilines is 1. The predicted molar refractivity (Wildman–Crippen MR) is 68.2 cm³/mol. The fraction of sp³-hybridized carbons (Fsp3) is 0.154. The first-order valence-corrected chi connectivity index (χ1v) is 5.73. The highest BCUT2D eigenvalue weighted by Gasteiger charge is 2.18. The minimum absolute atomic E-state index is 0.0254. The van der Waals surface area contributed by atoms with Crippen molar-refractivity contribution in [2.45, 2.75) is 0 Å². The molecule has 0 saturated heterocycles. The lowest BCUT2D eigenvalue weighted by Gasteiger charge is -2.18. The molecule has 0 atom stereocenters. The summed E-state index contributed by atoms with van der Waals surface area (Å²) in [6.45, 7) is 0.0254. The van der Waals surface area contributed by atoms with Gasteiger partial charge in [-0.1, -0.05) is 0 Å². The number of carbonyl (C=O) groups excluding carboxylic acids is 2. The van der Waals surface area contributed by atoms with Gasteiger partial charge in [0.1, 0.15) is 5.75 Å². The minimum atomic E-state index is -0.190. The van der Waals surface area contributed by atoms with Crippen LogP contribution in [0.3, 0.4) is 0 Å². The summed E-state index contributed by atoms with van der Waals surface area (Å²) in [6.07, 6.45) is 2.27. The average molecular weight is 257 g/mol. The number of nitrogens with one attached hydrogen (secondary N) is 1. The van der Waals surface area contributed by atoms with Crippen LogP contribution in [0.2, 0.25) is 0 Å². The summed E-state index contributed by atoms with van der Waals surface area (Å²) in [5, 5.41) is 6.79. The van der Waals surface area contributed by atoms with Crippen molar-refractivity contribution in [3.05, 3.63) is 30.0 Å². The summed E-state index contributed by atoms with van der Waals surface area (Å²) in [6, 6.07) is 5.38. The Morgan fingerprint density at radius 1 is 1.47 bits per heavy atom. The molecule has 1 aliphatic heterocycles. The van der Waals surface area contributed by atoms with Gasteiger partial charge >= 0.3 is 0 Å². The van der Waals surface area contributed by atoms with Crippen LogP contribution < -0.4 is 10.1 Å². The second-order valence-corrected chi connectivity index (χ2v) is 4.24. The highest BCUT2D eigenvalue weighted by atomic mass is 16.5. The summed E-state index contributed by atoms with van der Waals surface area (Å²) in [5.74, 6) is 0.434. The van der Waals surface area contributed by atoms with Crippen molar-refractivity contribution >= 4 is 17.9 Å². The maximum Gasteiger partial charge on any atom is 0.262 e. The number of hydrogen-bond acceptors (Lipinski definition) is 4. The molecule has 0 bridgehead atoms. The Kier molecular flexibility index (Phi) is 2.56. The number of nitrogens with zero attached hydrogens (tertiary/aromatic N) is 2. The SMILES string of the molecule is Cn1ncc(C=O)c1-c1ccc2c(c1)NC(=O)CO2. The third-order valence-electron chi connectivity index (χ3n) is 2.98. The van der Waals surface area contributed by atoms with Gasteiger partial charge in [-0.05, 0) is 18.2 Å². The summed E-state index contributed by atoms with van der Waals surface area (Å²) >= 11 is 0. The summed E-state index contributed by atoms with van der Waals surface area (Å²) < 4.78 is 6.91. The van der Waals surface area contributed by atoms with E-state index in [-0.39, 0.29) is 12.5 Å². The van der Waals surface area contributed by atoms with Gasteiger partial charge in [-0.25, -0.2) is 0 Å². The average Bonchev–Trinajstić information content (AvgIpc) is 2.79. The van der Waals surface area contributed by atoms with E-state index in [9.17, 15) is 9.59 Å². The Morgan fingerprint density at radius 3 is 3.11 bits per heavy atom. The number of aromatic nitrogens is 2. The van der Waals surface area contributed by atoms with E-state index in [1.54, 1.807) is 23.9 Å². The van der Waals surface area contributed by atoms with Gasteiger partial charge in [0.15, 0.2) is 12.9 Å². The number of aldehydes is 1. The topological polar surface area (TPSA) is 73.2 Å². The number of amides is 1. The Hall–Kier alpha value is -2.63. The Morgan fingerprint density at radius 2 is 2.32 bits per heavy atom. The van der Waals surface area contributed by atoms with Gasteiger partial charge in [0.2, 0.25) is 0 Å². The molecule has 3 rings (SSSR count). The molecule has 1 amide bonds. The van der Waals surface area contributed by atoms with Crippen LogP contribution >= 0.6 is 0 Å². The molecule has 6 nitrogen and oxygen atoms in total. The molecule has 96 valence electrons. The molecule has 1 N–H and O–H groups in total. The summed E-state index contributed by atoms with van der Waals surface area (Å²) in [4.78, 5) is 22.3. The van der Waals surface area contributed by atoms with E-state index in [2.05, 4.69) is 10.4 Å². The van der Waals surface area contributed by atoms with E-state index in [0.717, 1.165) is 11.8 Å². The third kappa shape index (κ3) is 1.87. The third-order valence-corrected chi connectivity index (χ3v) is 2.98. The van der Waals surface area contributed by atoms with E-state index in [1.165, 1.54) is 6.20 Å². The van der Waals surface area contributed by atoms with Crippen molar-refractivity contribution in [3.8, 4) is 17.0 Å². The van der Waals surface area contributed by atoms with Crippen LogP contribution in [0.1, 0.15) is 10.4 Å². The number of fused-ring (bicyclic) bond motifs is 1. The molecule has 0 radical (unpaired) electrons. The smallest absolute Gasteiger partial charge is 0.262 e. The maximum atomic E-state index is 11.3. The van der Waals surface area contributed by atoms with Crippen molar-refractivity contribution in [2.75, 3.05) is 11.9 Å². The largest absolute Gasteiger partial charge is 0.482 e. The van der Waals surface area contributed by atoms with Gasteiger partial charge in [0.25, 0.3) is 5.91 Å². The lowest BCUT2D eigenvalue weighted by Crippen LogP contribution is -2.25. The summed E-state index contributed by atoms with van der Waals surface area (Å²) in [5.41, 5.74) is 2.61. The molecule has 6 heteroatoms. The molecule has 0 aliphatic carbocycles. The maximum absolute atomic E-state index is 11.3. The minimum Gasteiger partial charge on any atom is -0.482 e. The van der Waals surface area contributed by atoms with Crippen LogP contribution in [0, 0.1) is 0 Å². The molecule has 0 spiro atoms. The van der Waals surface area contributed by atoms with E-state index in [4.69, 9.17) is 4.74 Å². The zero-order valence-corrected chi connectivity index (χ0v) is 10.2. The first-order valence-electron chi connectivity index (χ1n) is 5.73. The number of benzene rings is 1. The first kappa shape index (κ1) is 11.5. The van der Waals surface area contributed by atoms with Gasteiger partial charge < -0.3 is 10.1 Å². The monoisotopic (exact) mass is 257 g/mol. The van der Waals surface area contributed by atoms with Crippen molar-refractivity contribution < 1.29 is 14.3 Å². The molecule has 1 aromatic heterocycles. The lowest BCUT2D eigenvalue weighted by atomic mass is 10.1. The van der Waals surface area contributed by atoms with Gasteiger partial charge in [-0.3, -0.25) is 14.3 Å². The van der Waals surface area contributed by atoms with Gasteiger partial charge in [0.05, 0.1) is 23.1 Å². The standard InChI is InChI=1S/C13H11N3O3/c1-16-13(9(6-17)5-14-16)8-2-3-11-10(4-8)15-12(18)7-19-11/h2-6H,7H2,1H3,(H,15,18). The molecule has 1 aliphatic rings. The molecular weight excluding hydrogens is 246 g/mol. The molecule has 2 aromatic rings. The van der Waals surface area contributed by atoms with E-state index >= 15 is 0 Å². The predicted octanol–water partition coefficient (Wildman–Crippen LogP) is 1.23.